The summed E-state index contributed by atoms with van der Waals surface area (Å²) in [5.41, 5.74) is 2.88. The van der Waals surface area contributed by atoms with Gasteiger partial charge in [-0.05, 0) is 47.6 Å². The lowest BCUT2D eigenvalue weighted by Crippen LogP contribution is -2.36. The first-order chi connectivity index (χ1) is 15.5. The third kappa shape index (κ3) is 6.39. The van der Waals surface area contributed by atoms with Crippen molar-refractivity contribution in [3.63, 3.8) is 0 Å². The highest BCUT2D eigenvalue weighted by Gasteiger charge is 2.17. The van der Waals surface area contributed by atoms with Crippen LogP contribution in [0.3, 0.4) is 0 Å². The molecule has 7 heteroatoms. The highest BCUT2D eigenvalue weighted by Crippen LogP contribution is 2.18. The molecule has 0 bridgehead atoms. The van der Waals surface area contributed by atoms with E-state index in [1.54, 1.807) is 55.5 Å². The molecule has 32 heavy (non-hydrogen) atoms. The Bertz CT molecular complexity index is 1090. The summed E-state index contributed by atoms with van der Waals surface area (Å²) in [4.78, 5) is 27.0. The Kier molecular flexibility index (Phi) is 7.94. The van der Waals surface area contributed by atoms with Crippen LogP contribution in [0.5, 0.6) is 5.75 Å². The molecular formula is C25H25N3O3S. The molecule has 0 saturated heterocycles. The summed E-state index contributed by atoms with van der Waals surface area (Å²) in [6.07, 6.45) is 0.173. The number of hydrogen-bond acceptors (Lipinski definition) is 4. The maximum absolute atomic E-state index is 13.0. The van der Waals surface area contributed by atoms with Crippen molar-refractivity contribution in [3.05, 3.63) is 95.6 Å². The van der Waals surface area contributed by atoms with E-state index in [1.807, 2.05) is 42.5 Å². The molecule has 0 aromatic heterocycles. The number of para-hydroxylation sites is 1. The van der Waals surface area contributed by atoms with Crippen LogP contribution in [-0.2, 0) is 17.8 Å². The number of nitrogens with zero attached hydrogens (tertiary/aromatic N) is 1. The van der Waals surface area contributed by atoms with Crippen molar-refractivity contribution >= 4 is 34.8 Å². The molecule has 3 aromatic carbocycles. The number of benzene rings is 3. The van der Waals surface area contributed by atoms with Crippen LogP contribution >= 0.6 is 12.2 Å². The molecule has 0 radical (unpaired) electrons. The van der Waals surface area contributed by atoms with E-state index in [0.717, 1.165) is 16.9 Å². The summed E-state index contributed by atoms with van der Waals surface area (Å²) >= 11 is 5.30. The summed E-state index contributed by atoms with van der Waals surface area (Å²) in [5.74, 6) is 0.326. The van der Waals surface area contributed by atoms with Crippen LogP contribution in [0.1, 0.15) is 21.5 Å². The molecular weight excluding hydrogens is 422 g/mol. The molecule has 164 valence electrons. The van der Waals surface area contributed by atoms with Crippen molar-refractivity contribution in [3.8, 4) is 5.75 Å². The van der Waals surface area contributed by atoms with E-state index in [1.165, 1.54) is 0 Å². The van der Waals surface area contributed by atoms with Gasteiger partial charge in [-0.3, -0.25) is 9.59 Å². The lowest BCUT2D eigenvalue weighted by Gasteiger charge is -2.20. The number of methoxy groups -OCH3 is 1. The Balaban J connectivity index is 1.61. The van der Waals surface area contributed by atoms with E-state index in [-0.39, 0.29) is 23.3 Å². The predicted molar refractivity (Wildman–Crippen MR) is 130 cm³/mol. The van der Waals surface area contributed by atoms with Gasteiger partial charge in [-0.1, -0.05) is 54.6 Å². The smallest absolute Gasteiger partial charge is 0.256 e. The summed E-state index contributed by atoms with van der Waals surface area (Å²) < 4.78 is 5.12. The topological polar surface area (TPSA) is 70.7 Å². The third-order valence-corrected chi connectivity index (χ3v) is 5.00. The first-order valence-corrected chi connectivity index (χ1v) is 10.5. The molecule has 0 aliphatic rings. The largest absolute Gasteiger partial charge is 0.497 e. The second-order valence-electron chi connectivity index (χ2n) is 7.22. The van der Waals surface area contributed by atoms with Gasteiger partial charge < -0.3 is 20.3 Å². The fraction of sp³-hybridized carbons (Fsp3) is 0.160. The highest BCUT2D eigenvalue weighted by atomic mass is 32.1. The first-order valence-electron chi connectivity index (χ1n) is 10.1. The summed E-state index contributed by atoms with van der Waals surface area (Å²) in [6.45, 7) is 0.483. The zero-order chi connectivity index (χ0) is 22.9. The molecule has 2 N–H and O–H groups in total. The molecule has 0 aliphatic heterocycles. The van der Waals surface area contributed by atoms with Crippen LogP contribution < -0.4 is 15.4 Å². The molecule has 0 unspecified atom stereocenters. The lowest BCUT2D eigenvalue weighted by atomic mass is 10.1. The third-order valence-electron chi connectivity index (χ3n) is 4.79. The minimum Gasteiger partial charge on any atom is -0.497 e. The minimum absolute atomic E-state index is 0.134. The van der Waals surface area contributed by atoms with Gasteiger partial charge in [-0.2, -0.15) is 0 Å². The number of thiocarbonyl (C=S) groups is 1. The number of hydrogen-bond donors (Lipinski definition) is 2. The van der Waals surface area contributed by atoms with E-state index in [9.17, 15) is 9.59 Å². The van der Waals surface area contributed by atoms with Gasteiger partial charge in [0.25, 0.3) is 5.91 Å². The van der Waals surface area contributed by atoms with Crippen LogP contribution in [0.25, 0.3) is 0 Å². The van der Waals surface area contributed by atoms with Crippen molar-refractivity contribution in [2.24, 2.45) is 0 Å². The predicted octanol–water partition coefficient (Wildman–Crippen LogP) is 4.02. The second-order valence-corrected chi connectivity index (χ2v) is 7.63. The normalized spacial score (nSPS) is 10.2. The number of amides is 2. The van der Waals surface area contributed by atoms with Crippen molar-refractivity contribution < 1.29 is 14.3 Å². The van der Waals surface area contributed by atoms with Crippen molar-refractivity contribution in [1.82, 2.24) is 10.2 Å². The highest BCUT2D eigenvalue weighted by molar-refractivity contribution is 7.80. The van der Waals surface area contributed by atoms with Crippen molar-refractivity contribution in [2.45, 2.75) is 13.0 Å². The van der Waals surface area contributed by atoms with Gasteiger partial charge in [0.05, 0.1) is 24.8 Å². The Hall–Kier alpha value is -3.71. The summed E-state index contributed by atoms with van der Waals surface area (Å²) in [6, 6.07) is 24.1. The number of nitrogens with one attached hydrogen (secondary N) is 2. The molecule has 0 spiro atoms. The summed E-state index contributed by atoms with van der Waals surface area (Å²) in [5, 5.41) is 5.78. The van der Waals surface area contributed by atoms with Gasteiger partial charge in [-0.15, -0.1) is 0 Å². The Morgan fingerprint density at radius 2 is 1.56 bits per heavy atom. The van der Waals surface area contributed by atoms with Crippen LogP contribution in [-0.4, -0.2) is 36.0 Å². The molecule has 0 aliphatic carbocycles. The standard InChI is InChI=1S/C25H25N3O3S/c1-28(17-19-8-4-3-5-9-19)24(30)21-10-6-7-11-22(21)26-25(32)27-23(29)16-18-12-14-20(31-2)15-13-18/h3-15H,16-17H2,1-2H3,(H2,26,27,29,32). The van der Waals surface area contributed by atoms with Crippen molar-refractivity contribution in [2.75, 3.05) is 19.5 Å². The average Bonchev–Trinajstić information content (AvgIpc) is 2.80. The molecule has 3 rings (SSSR count). The quantitative estimate of drug-likeness (QED) is 0.536. The average molecular weight is 448 g/mol. The zero-order valence-corrected chi connectivity index (χ0v) is 18.8. The molecule has 2 amide bonds. The molecule has 3 aromatic rings. The minimum atomic E-state index is -0.252. The number of carbonyl (C=O) groups excluding carboxylic acids is 2. The number of ether oxygens (including phenoxy) is 1. The summed E-state index contributed by atoms with van der Waals surface area (Å²) in [7, 11) is 3.34. The van der Waals surface area contributed by atoms with Gasteiger partial charge in [-0.25, -0.2) is 0 Å². The number of anilines is 1. The fourth-order valence-electron chi connectivity index (χ4n) is 3.17. The SMILES string of the molecule is COc1ccc(CC(=O)NC(=S)Nc2ccccc2C(=O)N(C)Cc2ccccc2)cc1. The van der Waals surface area contributed by atoms with Crippen LogP contribution in [0.4, 0.5) is 5.69 Å². The fourth-order valence-corrected chi connectivity index (χ4v) is 3.39. The van der Waals surface area contributed by atoms with Gasteiger partial charge in [0.2, 0.25) is 5.91 Å². The lowest BCUT2D eigenvalue weighted by molar-refractivity contribution is -0.119. The van der Waals surface area contributed by atoms with E-state index in [2.05, 4.69) is 10.6 Å². The van der Waals surface area contributed by atoms with Gasteiger partial charge in [0, 0.05) is 13.6 Å². The monoisotopic (exact) mass is 447 g/mol. The molecule has 0 saturated carbocycles. The van der Waals surface area contributed by atoms with E-state index in [0.29, 0.717) is 17.8 Å². The molecule has 6 nitrogen and oxygen atoms in total. The van der Waals surface area contributed by atoms with E-state index in [4.69, 9.17) is 17.0 Å². The number of rotatable bonds is 7. The Labute approximate surface area is 193 Å². The van der Waals surface area contributed by atoms with Gasteiger partial charge >= 0.3 is 0 Å². The molecule has 0 fully saturated rings. The maximum atomic E-state index is 13.0. The van der Waals surface area contributed by atoms with E-state index < -0.39 is 0 Å². The van der Waals surface area contributed by atoms with Crippen LogP contribution in [0, 0.1) is 0 Å². The van der Waals surface area contributed by atoms with E-state index >= 15 is 0 Å². The first kappa shape index (κ1) is 23.0. The molecule has 0 atom stereocenters. The van der Waals surface area contributed by atoms with Gasteiger partial charge in [0.15, 0.2) is 5.11 Å². The van der Waals surface area contributed by atoms with Crippen LogP contribution in [0.15, 0.2) is 78.9 Å². The second kappa shape index (κ2) is 11.1. The van der Waals surface area contributed by atoms with Gasteiger partial charge in [0.1, 0.15) is 5.75 Å². The zero-order valence-electron chi connectivity index (χ0n) is 18.0. The Morgan fingerprint density at radius 3 is 2.25 bits per heavy atom. The van der Waals surface area contributed by atoms with Crippen LogP contribution in [0.2, 0.25) is 0 Å². The number of carbonyl (C=O) groups is 2. The maximum Gasteiger partial charge on any atom is 0.256 e. The molecule has 0 heterocycles. The Morgan fingerprint density at radius 1 is 0.906 bits per heavy atom. The van der Waals surface area contributed by atoms with Crippen molar-refractivity contribution in [1.29, 1.82) is 0 Å².